The van der Waals surface area contributed by atoms with Gasteiger partial charge in [-0.2, -0.15) is 0 Å². The summed E-state index contributed by atoms with van der Waals surface area (Å²) in [7, 11) is 1.99. The van der Waals surface area contributed by atoms with E-state index in [-0.39, 0.29) is 6.10 Å². The van der Waals surface area contributed by atoms with Crippen LogP contribution in [0.15, 0.2) is 48.5 Å². The number of hydrogen-bond acceptors (Lipinski definition) is 2. The summed E-state index contributed by atoms with van der Waals surface area (Å²) in [5.41, 5.74) is 2.63. The Morgan fingerprint density at radius 3 is 2.67 bits per heavy atom. The van der Waals surface area contributed by atoms with Crippen LogP contribution in [0.1, 0.15) is 23.5 Å². The van der Waals surface area contributed by atoms with Gasteiger partial charge in [-0.25, -0.2) is 0 Å². The Balaban J connectivity index is 1.70. The van der Waals surface area contributed by atoms with Crippen LogP contribution in [0.5, 0.6) is 5.75 Å². The van der Waals surface area contributed by atoms with Crippen LogP contribution < -0.4 is 10.1 Å². The van der Waals surface area contributed by atoms with Crippen molar-refractivity contribution in [1.82, 2.24) is 5.32 Å². The molecular weight excluding hydrogens is 282 g/mol. The third kappa shape index (κ3) is 3.39. The zero-order valence-electron chi connectivity index (χ0n) is 12.2. The standard InChI is InChI=1S/C18H20ClNO/c1-20-12-15(13-6-8-16(19)9-7-13)11-17-10-14-4-2-3-5-18(14)21-17/h2-9,15,17,20H,10-12H2,1H3. The lowest BCUT2D eigenvalue weighted by Gasteiger charge is -2.21. The molecule has 0 saturated heterocycles. The molecule has 2 nitrogen and oxygen atoms in total. The summed E-state index contributed by atoms with van der Waals surface area (Å²) in [6.45, 7) is 0.942. The van der Waals surface area contributed by atoms with Crippen LogP contribution in [0.4, 0.5) is 0 Å². The number of rotatable bonds is 5. The summed E-state index contributed by atoms with van der Waals surface area (Å²) in [4.78, 5) is 0. The van der Waals surface area contributed by atoms with Gasteiger partial charge >= 0.3 is 0 Å². The van der Waals surface area contributed by atoms with Crippen molar-refractivity contribution < 1.29 is 4.74 Å². The van der Waals surface area contributed by atoms with Crippen LogP contribution in [0.3, 0.4) is 0 Å². The van der Waals surface area contributed by atoms with Crippen molar-refractivity contribution in [3.63, 3.8) is 0 Å². The third-order valence-electron chi connectivity index (χ3n) is 4.05. The number of ether oxygens (including phenoxy) is 1. The second-order valence-corrected chi connectivity index (χ2v) is 6.03. The first kappa shape index (κ1) is 14.4. The van der Waals surface area contributed by atoms with E-state index in [9.17, 15) is 0 Å². The number of fused-ring (bicyclic) bond motifs is 1. The van der Waals surface area contributed by atoms with Gasteiger partial charge in [-0.1, -0.05) is 41.9 Å². The van der Waals surface area contributed by atoms with Crippen molar-refractivity contribution in [1.29, 1.82) is 0 Å². The summed E-state index contributed by atoms with van der Waals surface area (Å²) in [5, 5.41) is 4.07. The van der Waals surface area contributed by atoms with E-state index in [0.29, 0.717) is 5.92 Å². The molecule has 3 rings (SSSR count). The Labute approximate surface area is 131 Å². The minimum atomic E-state index is 0.261. The van der Waals surface area contributed by atoms with Gasteiger partial charge in [-0.05, 0) is 48.7 Å². The first-order chi connectivity index (χ1) is 10.3. The van der Waals surface area contributed by atoms with Gasteiger partial charge in [0.05, 0.1) is 0 Å². The molecule has 0 amide bonds. The fourth-order valence-electron chi connectivity index (χ4n) is 3.02. The summed E-state index contributed by atoms with van der Waals surface area (Å²) in [6.07, 6.45) is 2.28. The number of benzene rings is 2. The van der Waals surface area contributed by atoms with Gasteiger partial charge < -0.3 is 10.1 Å². The van der Waals surface area contributed by atoms with E-state index in [1.54, 1.807) is 0 Å². The van der Waals surface area contributed by atoms with Crippen molar-refractivity contribution in [2.24, 2.45) is 0 Å². The zero-order chi connectivity index (χ0) is 14.7. The maximum Gasteiger partial charge on any atom is 0.123 e. The fourth-order valence-corrected chi connectivity index (χ4v) is 3.15. The molecule has 2 unspecified atom stereocenters. The Kier molecular flexibility index (Phi) is 4.47. The van der Waals surface area contributed by atoms with Gasteiger partial charge in [0.25, 0.3) is 0 Å². The topological polar surface area (TPSA) is 21.3 Å². The van der Waals surface area contributed by atoms with Gasteiger partial charge in [0, 0.05) is 18.0 Å². The average molecular weight is 302 g/mol. The van der Waals surface area contributed by atoms with Crippen molar-refractivity contribution in [3.8, 4) is 5.75 Å². The predicted molar refractivity (Wildman–Crippen MR) is 87.3 cm³/mol. The first-order valence-electron chi connectivity index (χ1n) is 7.41. The first-order valence-corrected chi connectivity index (χ1v) is 7.78. The van der Waals surface area contributed by atoms with Gasteiger partial charge in [-0.3, -0.25) is 0 Å². The number of likely N-dealkylation sites (N-methyl/N-ethyl adjacent to an activating group) is 1. The largest absolute Gasteiger partial charge is 0.490 e. The second-order valence-electron chi connectivity index (χ2n) is 5.59. The Morgan fingerprint density at radius 2 is 1.95 bits per heavy atom. The van der Waals surface area contributed by atoms with Crippen molar-refractivity contribution in [2.45, 2.75) is 24.9 Å². The SMILES string of the molecule is CNCC(CC1Cc2ccccc2O1)c1ccc(Cl)cc1. The van der Waals surface area contributed by atoms with Crippen LogP contribution in [0.2, 0.25) is 5.02 Å². The van der Waals surface area contributed by atoms with Crippen LogP contribution >= 0.6 is 11.6 Å². The lowest BCUT2D eigenvalue weighted by Crippen LogP contribution is -2.24. The molecule has 0 radical (unpaired) electrons. The summed E-state index contributed by atoms with van der Waals surface area (Å²) >= 11 is 5.98. The van der Waals surface area contributed by atoms with Crippen molar-refractivity contribution in [2.75, 3.05) is 13.6 Å². The van der Waals surface area contributed by atoms with E-state index in [1.165, 1.54) is 11.1 Å². The number of nitrogens with one attached hydrogen (secondary N) is 1. The smallest absolute Gasteiger partial charge is 0.123 e. The van der Waals surface area contributed by atoms with E-state index in [0.717, 1.165) is 30.2 Å². The molecule has 110 valence electrons. The zero-order valence-corrected chi connectivity index (χ0v) is 12.9. The van der Waals surface area contributed by atoms with E-state index < -0.39 is 0 Å². The highest BCUT2D eigenvalue weighted by atomic mass is 35.5. The van der Waals surface area contributed by atoms with Gasteiger partial charge in [-0.15, -0.1) is 0 Å². The van der Waals surface area contributed by atoms with E-state index in [1.807, 2.05) is 25.2 Å². The lowest BCUT2D eigenvalue weighted by atomic mass is 9.91. The summed E-state index contributed by atoms with van der Waals surface area (Å²) in [5.74, 6) is 1.48. The molecule has 1 aliphatic rings. The highest BCUT2D eigenvalue weighted by Gasteiger charge is 2.26. The van der Waals surface area contributed by atoms with Gasteiger partial charge in [0.15, 0.2) is 0 Å². The van der Waals surface area contributed by atoms with E-state index in [2.05, 4.69) is 35.6 Å². The monoisotopic (exact) mass is 301 g/mol. The Bertz CT molecular complexity index is 571. The van der Waals surface area contributed by atoms with Crippen LogP contribution in [0, 0.1) is 0 Å². The second kappa shape index (κ2) is 6.50. The van der Waals surface area contributed by atoms with Crippen molar-refractivity contribution in [3.05, 3.63) is 64.7 Å². The highest BCUT2D eigenvalue weighted by molar-refractivity contribution is 6.30. The quantitative estimate of drug-likeness (QED) is 0.900. The molecule has 21 heavy (non-hydrogen) atoms. The van der Waals surface area contributed by atoms with E-state index >= 15 is 0 Å². The molecule has 0 aliphatic carbocycles. The molecule has 0 fully saturated rings. The molecule has 2 aromatic rings. The fraction of sp³-hybridized carbons (Fsp3) is 0.333. The number of hydrogen-bond donors (Lipinski definition) is 1. The van der Waals surface area contributed by atoms with Crippen LogP contribution in [-0.2, 0) is 6.42 Å². The molecule has 0 saturated carbocycles. The molecule has 3 heteroatoms. The summed E-state index contributed by atoms with van der Waals surface area (Å²) < 4.78 is 6.08. The molecule has 1 N–H and O–H groups in total. The van der Waals surface area contributed by atoms with E-state index in [4.69, 9.17) is 16.3 Å². The van der Waals surface area contributed by atoms with Crippen molar-refractivity contribution >= 4 is 11.6 Å². The normalized spacial score (nSPS) is 18.1. The maximum absolute atomic E-state index is 6.08. The molecule has 2 aromatic carbocycles. The average Bonchev–Trinajstić information content (AvgIpc) is 2.90. The minimum absolute atomic E-state index is 0.261. The van der Waals surface area contributed by atoms with Crippen LogP contribution in [0.25, 0.3) is 0 Å². The molecule has 2 atom stereocenters. The third-order valence-corrected chi connectivity index (χ3v) is 4.31. The highest BCUT2D eigenvalue weighted by Crippen LogP contribution is 2.33. The van der Waals surface area contributed by atoms with Gasteiger partial charge in [0.1, 0.15) is 11.9 Å². The molecule has 0 aromatic heterocycles. The summed E-state index contributed by atoms with van der Waals surface area (Å²) in [6, 6.07) is 16.5. The Hall–Kier alpha value is -1.51. The molecule has 1 aliphatic heterocycles. The minimum Gasteiger partial charge on any atom is -0.490 e. The maximum atomic E-state index is 6.08. The lowest BCUT2D eigenvalue weighted by molar-refractivity contribution is 0.209. The molecule has 0 spiro atoms. The molecule has 0 bridgehead atoms. The number of halogens is 1. The Morgan fingerprint density at radius 1 is 1.19 bits per heavy atom. The van der Waals surface area contributed by atoms with Gasteiger partial charge in [0.2, 0.25) is 0 Å². The van der Waals surface area contributed by atoms with Crippen LogP contribution in [-0.4, -0.2) is 19.7 Å². The molecular formula is C18H20ClNO. The predicted octanol–water partition coefficient (Wildman–Crippen LogP) is 4.04. The number of para-hydroxylation sites is 1. The molecule has 1 heterocycles.